The molecule has 0 spiro atoms. The number of fused-ring (bicyclic) bond motifs is 1. The first-order chi connectivity index (χ1) is 24.7. The first kappa shape index (κ1) is 36.5. The summed E-state index contributed by atoms with van der Waals surface area (Å²) in [6.07, 6.45) is 0. The lowest BCUT2D eigenvalue weighted by molar-refractivity contribution is -0.139. The highest BCUT2D eigenvalue weighted by Gasteiger charge is 2.21. The molecule has 1 atom stereocenters. The molecule has 0 aliphatic rings. The Morgan fingerprint density at radius 1 is 0.667 bits per heavy atom. The zero-order valence-corrected chi connectivity index (χ0v) is 30.0. The van der Waals surface area contributed by atoms with E-state index in [9.17, 15) is 9.59 Å². The minimum absolute atomic E-state index is 0.0581. The van der Waals surface area contributed by atoms with E-state index < -0.39 is 0 Å². The first-order valence-corrected chi connectivity index (χ1v) is 17.3. The van der Waals surface area contributed by atoms with Gasteiger partial charge in [0.05, 0.1) is 13.1 Å². The van der Waals surface area contributed by atoms with Gasteiger partial charge in [0.1, 0.15) is 13.2 Å². The molecule has 0 aromatic heterocycles. The van der Waals surface area contributed by atoms with Crippen LogP contribution in [-0.2, 0) is 19.1 Å². The van der Waals surface area contributed by atoms with Crippen LogP contribution in [0.15, 0.2) is 140 Å². The minimum Gasteiger partial charge on any atom is -0.460 e. The van der Waals surface area contributed by atoms with E-state index in [0.717, 1.165) is 45.8 Å². The number of nitrogens with one attached hydrogen (secondary N) is 1. The SMILES string of the molecule is C=C(C)C(=O)OCCN(C)c1ccc(C(c2ccc(N(CC)CCOC(=O)C(=C)C)cc2)c2ccc(Nc3ccccc3)c3ccccc23)cc1. The fourth-order valence-corrected chi connectivity index (χ4v) is 6.08. The molecule has 0 amide bonds. The first-order valence-electron chi connectivity index (χ1n) is 17.3. The van der Waals surface area contributed by atoms with E-state index in [0.29, 0.717) is 24.2 Å². The zero-order chi connectivity index (χ0) is 36.3. The quantitative estimate of drug-likeness (QED) is 0.0633. The Kier molecular flexibility index (Phi) is 12.3. The molecule has 0 bridgehead atoms. The fourth-order valence-electron chi connectivity index (χ4n) is 6.08. The summed E-state index contributed by atoms with van der Waals surface area (Å²) in [5.74, 6) is -0.805. The average Bonchev–Trinajstić information content (AvgIpc) is 3.15. The van der Waals surface area contributed by atoms with E-state index in [1.165, 1.54) is 10.9 Å². The van der Waals surface area contributed by atoms with Crippen molar-refractivity contribution < 1.29 is 19.1 Å². The van der Waals surface area contributed by atoms with Crippen LogP contribution in [0.2, 0.25) is 0 Å². The number of hydrogen-bond donors (Lipinski definition) is 1. The van der Waals surface area contributed by atoms with E-state index in [1.807, 2.05) is 25.2 Å². The van der Waals surface area contributed by atoms with Crippen LogP contribution in [0.4, 0.5) is 22.7 Å². The van der Waals surface area contributed by atoms with Crippen molar-refractivity contribution in [2.45, 2.75) is 26.7 Å². The Balaban J connectivity index is 1.48. The van der Waals surface area contributed by atoms with E-state index in [2.05, 4.69) is 132 Å². The normalized spacial score (nSPS) is 11.4. The zero-order valence-electron chi connectivity index (χ0n) is 30.0. The van der Waals surface area contributed by atoms with Gasteiger partial charge in [0.25, 0.3) is 0 Å². The number of rotatable bonds is 16. The molecule has 0 radical (unpaired) electrons. The van der Waals surface area contributed by atoms with Crippen molar-refractivity contribution in [3.05, 3.63) is 156 Å². The smallest absolute Gasteiger partial charge is 0.333 e. The third-order valence-corrected chi connectivity index (χ3v) is 8.91. The van der Waals surface area contributed by atoms with Crippen LogP contribution in [0, 0.1) is 0 Å². The molecule has 7 heteroatoms. The summed E-state index contributed by atoms with van der Waals surface area (Å²) in [4.78, 5) is 28.1. The largest absolute Gasteiger partial charge is 0.460 e. The molecule has 0 aliphatic carbocycles. The summed E-state index contributed by atoms with van der Waals surface area (Å²) < 4.78 is 10.7. The second-order valence-electron chi connectivity index (χ2n) is 12.7. The van der Waals surface area contributed by atoms with Crippen LogP contribution < -0.4 is 15.1 Å². The molecule has 0 fully saturated rings. The van der Waals surface area contributed by atoms with Gasteiger partial charge < -0.3 is 24.6 Å². The monoisotopic (exact) mass is 681 g/mol. The molecule has 0 saturated carbocycles. The summed E-state index contributed by atoms with van der Waals surface area (Å²) in [7, 11) is 1.99. The van der Waals surface area contributed by atoms with Crippen LogP contribution in [0.5, 0.6) is 0 Å². The van der Waals surface area contributed by atoms with Gasteiger partial charge in [-0.25, -0.2) is 9.59 Å². The summed E-state index contributed by atoms with van der Waals surface area (Å²) in [6, 6.07) is 40.5. The highest BCUT2D eigenvalue weighted by Crippen LogP contribution is 2.40. The molecule has 1 unspecified atom stereocenters. The number of carbonyl (C=O) groups excluding carboxylic acids is 2. The molecule has 7 nitrogen and oxygen atoms in total. The van der Waals surface area contributed by atoms with Crippen LogP contribution in [0.25, 0.3) is 10.8 Å². The summed E-state index contributed by atoms with van der Waals surface area (Å²) in [5.41, 5.74) is 8.46. The van der Waals surface area contributed by atoms with Gasteiger partial charge >= 0.3 is 11.9 Å². The number of likely N-dealkylation sites (N-methyl/N-ethyl adjacent to an activating group) is 2. The lowest BCUT2D eigenvalue weighted by Gasteiger charge is -2.26. The van der Waals surface area contributed by atoms with Crippen molar-refractivity contribution in [3.63, 3.8) is 0 Å². The van der Waals surface area contributed by atoms with Gasteiger partial charge in [-0.15, -0.1) is 0 Å². The highest BCUT2D eigenvalue weighted by atomic mass is 16.5. The van der Waals surface area contributed by atoms with E-state index in [-0.39, 0.29) is 31.1 Å². The minimum atomic E-state index is -0.377. The molecule has 5 rings (SSSR count). The molecule has 51 heavy (non-hydrogen) atoms. The van der Waals surface area contributed by atoms with Gasteiger partial charge in [0.2, 0.25) is 0 Å². The van der Waals surface area contributed by atoms with Crippen molar-refractivity contribution in [1.29, 1.82) is 0 Å². The molecule has 5 aromatic carbocycles. The molecule has 5 aromatic rings. The second-order valence-corrected chi connectivity index (χ2v) is 12.7. The highest BCUT2D eigenvalue weighted by molar-refractivity contribution is 5.98. The Morgan fingerprint density at radius 2 is 1.20 bits per heavy atom. The molecule has 0 aliphatic heterocycles. The Labute approximate surface area is 301 Å². The van der Waals surface area contributed by atoms with Gasteiger partial charge in [0.15, 0.2) is 0 Å². The maximum atomic E-state index is 11.9. The number of anilines is 4. The molecule has 0 saturated heterocycles. The number of esters is 2. The van der Waals surface area contributed by atoms with Crippen molar-refractivity contribution >= 4 is 45.5 Å². The van der Waals surface area contributed by atoms with Crippen molar-refractivity contribution in [1.82, 2.24) is 0 Å². The third kappa shape index (κ3) is 9.25. The predicted molar refractivity (Wildman–Crippen MR) is 210 cm³/mol. The van der Waals surface area contributed by atoms with Crippen molar-refractivity contribution in [2.24, 2.45) is 0 Å². The van der Waals surface area contributed by atoms with Crippen molar-refractivity contribution in [2.75, 3.05) is 55.0 Å². The fraction of sp³-hybridized carbons (Fsp3) is 0.227. The maximum absolute atomic E-state index is 11.9. The molecular weight excluding hydrogens is 635 g/mol. The number of nitrogens with zero attached hydrogens (tertiary/aromatic N) is 2. The maximum Gasteiger partial charge on any atom is 0.333 e. The average molecular weight is 682 g/mol. The van der Waals surface area contributed by atoms with Crippen LogP contribution in [0.1, 0.15) is 43.4 Å². The Morgan fingerprint density at radius 3 is 1.76 bits per heavy atom. The topological polar surface area (TPSA) is 71.1 Å². The standard InChI is InChI=1S/C44H47N3O4/c1-7-47(28-30-51-44(49)32(4)5)37-23-19-34(20-24-37)42(33-17-21-36(22-18-33)46(6)27-29-50-43(48)31(2)3)40-25-26-41(39-16-12-11-15-38(39)40)45-35-13-9-8-10-14-35/h8-26,42,45H,2,4,7,27-30H2,1,3,5-6H3. The molecule has 262 valence electrons. The number of ether oxygens (including phenoxy) is 2. The Hall–Kier alpha value is -5.82. The second kappa shape index (κ2) is 17.2. The van der Waals surface area contributed by atoms with E-state index >= 15 is 0 Å². The van der Waals surface area contributed by atoms with Crippen LogP contribution >= 0.6 is 0 Å². The van der Waals surface area contributed by atoms with Gasteiger partial charge in [-0.3, -0.25) is 0 Å². The van der Waals surface area contributed by atoms with Gasteiger partial charge in [-0.2, -0.15) is 0 Å². The lowest BCUT2D eigenvalue weighted by Crippen LogP contribution is -2.28. The number of carbonyl (C=O) groups is 2. The number of para-hydroxylation sites is 1. The molecule has 0 heterocycles. The predicted octanol–water partition coefficient (Wildman–Crippen LogP) is 9.26. The molecular formula is C44H47N3O4. The lowest BCUT2D eigenvalue weighted by atomic mass is 9.82. The third-order valence-electron chi connectivity index (χ3n) is 8.91. The summed E-state index contributed by atoms with van der Waals surface area (Å²) in [6.45, 7) is 15.2. The van der Waals surface area contributed by atoms with Crippen LogP contribution in [-0.4, -0.2) is 51.8 Å². The Bertz CT molecular complexity index is 1970. The van der Waals surface area contributed by atoms with Crippen molar-refractivity contribution in [3.8, 4) is 0 Å². The van der Waals surface area contributed by atoms with Gasteiger partial charge in [0, 0.05) is 58.8 Å². The van der Waals surface area contributed by atoms with Gasteiger partial charge in [-0.05, 0) is 85.3 Å². The van der Waals surface area contributed by atoms with Gasteiger partial charge in [-0.1, -0.05) is 86.0 Å². The van der Waals surface area contributed by atoms with E-state index in [1.54, 1.807) is 13.8 Å². The summed E-state index contributed by atoms with van der Waals surface area (Å²) >= 11 is 0. The summed E-state index contributed by atoms with van der Waals surface area (Å²) in [5, 5.41) is 5.93. The van der Waals surface area contributed by atoms with Crippen LogP contribution in [0.3, 0.4) is 0 Å². The number of hydrogen-bond acceptors (Lipinski definition) is 7. The molecule has 1 N–H and O–H groups in total. The number of benzene rings is 5. The van der Waals surface area contributed by atoms with E-state index in [4.69, 9.17) is 9.47 Å².